The molecule has 25 heavy (non-hydrogen) atoms. The highest BCUT2D eigenvalue weighted by molar-refractivity contribution is 7.91. The summed E-state index contributed by atoms with van der Waals surface area (Å²) in [7, 11) is -3.70. The van der Waals surface area contributed by atoms with Gasteiger partial charge in [0.25, 0.3) is 0 Å². The van der Waals surface area contributed by atoms with Gasteiger partial charge in [0.05, 0.1) is 11.5 Å². The molecule has 1 N–H and O–H groups in total. The van der Waals surface area contributed by atoms with Crippen LogP contribution >= 0.6 is 0 Å². The monoisotopic (exact) mass is 362 g/mol. The molecule has 6 nitrogen and oxygen atoms in total. The standard InChI is InChI=1S/C18H22N2O4S/c1-3-18(21)20-13-17(14-6-5-11-19-12-14)25(22,23)16-9-7-15(8-10-16)24-4-2/h5-12,17H,3-4,13H2,1-2H3,(H,20,21). The van der Waals surface area contributed by atoms with Crippen molar-refractivity contribution >= 4 is 15.7 Å². The fraction of sp³-hybridized carbons (Fsp3) is 0.333. The van der Waals surface area contributed by atoms with Gasteiger partial charge in [0.1, 0.15) is 11.0 Å². The van der Waals surface area contributed by atoms with Gasteiger partial charge in [-0.15, -0.1) is 0 Å². The smallest absolute Gasteiger partial charge is 0.219 e. The molecular weight excluding hydrogens is 340 g/mol. The SMILES string of the molecule is CCOc1ccc(S(=O)(=O)C(CNC(=O)CC)c2cccnc2)cc1. The molecule has 0 aliphatic heterocycles. The van der Waals surface area contributed by atoms with E-state index in [2.05, 4.69) is 10.3 Å². The number of nitrogens with zero attached hydrogens (tertiary/aromatic N) is 1. The first-order valence-corrected chi connectivity index (χ1v) is 9.67. The first kappa shape index (κ1) is 18.9. The van der Waals surface area contributed by atoms with Crippen LogP contribution in [0.5, 0.6) is 5.75 Å². The molecule has 2 aromatic rings. The average Bonchev–Trinajstić information content (AvgIpc) is 2.63. The van der Waals surface area contributed by atoms with Gasteiger partial charge in [-0.2, -0.15) is 0 Å². The molecule has 1 heterocycles. The Morgan fingerprint density at radius 2 is 1.92 bits per heavy atom. The number of ether oxygens (including phenoxy) is 1. The number of nitrogens with one attached hydrogen (secondary N) is 1. The van der Waals surface area contributed by atoms with Crippen molar-refractivity contribution in [3.05, 3.63) is 54.4 Å². The number of carbonyl (C=O) groups is 1. The highest BCUT2D eigenvalue weighted by atomic mass is 32.2. The number of carbonyl (C=O) groups excluding carboxylic acids is 1. The molecule has 1 aromatic carbocycles. The lowest BCUT2D eigenvalue weighted by Crippen LogP contribution is -2.31. The van der Waals surface area contributed by atoms with Crippen molar-refractivity contribution in [2.75, 3.05) is 13.2 Å². The lowest BCUT2D eigenvalue weighted by Gasteiger charge is -2.19. The molecule has 1 unspecified atom stereocenters. The maximum Gasteiger partial charge on any atom is 0.219 e. The number of hydrogen-bond donors (Lipinski definition) is 1. The van der Waals surface area contributed by atoms with Crippen LogP contribution in [0.3, 0.4) is 0 Å². The van der Waals surface area contributed by atoms with Crippen LogP contribution in [0.4, 0.5) is 0 Å². The van der Waals surface area contributed by atoms with Gasteiger partial charge in [0, 0.05) is 25.4 Å². The Bertz CT molecular complexity index is 790. The summed E-state index contributed by atoms with van der Waals surface area (Å²) >= 11 is 0. The summed E-state index contributed by atoms with van der Waals surface area (Å²) in [5.74, 6) is 0.412. The fourth-order valence-electron chi connectivity index (χ4n) is 2.36. The van der Waals surface area contributed by atoms with E-state index in [-0.39, 0.29) is 17.3 Å². The molecule has 0 saturated heterocycles. The molecule has 0 bridgehead atoms. The minimum absolute atomic E-state index is 0.00604. The predicted molar refractivity (Wildman–Crippen MR) is 95.1 cm³/mol. The Hall–Kier alpha value is -2.41. The summed E-state index contributed by atoms with van der Waals surface area (Å²) in [5.41, 5.74) is 0.535. The molecule has 0 aliphatic rings. The minimum atomic E-state index is -3.70. The van der Waals surface area contributed by atoms with Gasteiger partial charge in [0.2, 0.25) is 5.91 Å². The molecule has 1 atom stereocenters. The Morgan fingerprint density at radius 3 is 2.48 bits per heavy atom. The van der Waals surface area contributed by atoms with Crippen LogP contribution in [0, 0.1) is 0 Å². The zero-order chi connectivity index (χ0) is 18.3. The minimum Gasteiger partial charge on any atom is -0.494 e. The number of sulfone groups is 1. The summed E-state index contributed by atoms with van der Waals surface area (Å²) in [6.07, 6.45) is 3.38. The third-order valence-corrected chi connectivity index (χ3v) is 5.82. The van der Waals surface area contributed by atoms with E-state index in [1.165, 1.54) is 18.3 Å². The molecular formula is C18H22N2O4S. The third kappa shape index (κ3) is 4.79. The van der Waals surface area contributed by atoms with Crippen molar-refractivity contribution in [3.8, 4) is 5.75 Å². The average molecular weight is 362 g/mol. The van der Waals surface area contributed by atoms with E-state index in [4.69, 9.17) is 4.74 Å². The first-order valence-electron chi connectivity index (χ1n) is 8.12. The molecule has 0 spiro atoms. The second kappa shape index (κ2) is 8.62. The number of aromatic nitrogens is 1. The zero-order valence-corrected chi connectivity index (χ0v) is 15.1. The van der Waals surface area contributed by atoms with Crippen LogP contribution in [0.25, 0.3) is 0 Å². The number of amides is 1. The highest BCUT2D eigenvalue weighted by Crippen LogP contribution is 2.29. The Labute approximate surface area is 148 Å². The fourth-order valence-corrected chi connectivity index (χ4v) is 4.01. The van der Waals surface area contributed by atoms with Crippen LogP contribution in [0.15, 0.2) is 53.7 Å². The predicted octanol–water partition coefficient (Wildman–Crippen LogP) is 2.52. The van der Waals surface area contributed by atoms with E-state index >= 15 is 0 Å². The van der Waals surface area contributed by atoms with Gasteiger partial charge in [-0.25, -0.2) is 8.42 Å². The second-order valence-corrected chi connectivity index (χ2v) is 7.51. The number of hydrogen-bond acceptors (Lipinski definition) is 5. The molecule has 2 rings (SSSR count). The van der Waals surface area contributed by atoms with E-state index in [1.54, 1.807) is 37.4 Å². The lowest BCUT2D eigenvalue weighted by molar-refractivity contribution is -0.120. The topological polar surface area (TPSA) is 85.4 Å². The van der Waals surface area contributed by atoms with E-state index in [0.29, 0.717) is 24.3 Å². The third-order valence-electron chi connectivity index (χ3n) is 3.70. The molecule has 0 radical (unpaired) electrons. The molecule has 134 valence electrons. The largest absolute Gasteiger partial charge is 0.494 e. The van der Waals surface area contributed by atoms with Crippen molar-refractivity contribution in [2.45, 2.75) is 30.4 Å². The number of pyridine rings is 1. The normalized spacial score (nSPS) is 12.4. The van der Waals surface area contributed by atoms with Crippen LogP contribution in [0.1, 0.15) is 31.1 Å². The van der Waals surface area contributed by atoms with Gasteiger partial charge in [-0.3, -0.25) is 9.78 Å². The Kier molecular flexibility index (Phi) is 6.52. The Morgan fingerprint density at radius 1 is 1.20 bits per heavy atom. The summed E-state index contributed by atoms with van der Waals surface area (Å²) in [6, 6.07) is 9.67. The van der Waals surface area contributed by atoms with Crippen LogP contribution < -0.4 is 10.1 Å². The van der Waals surface area contributed by atoms with Crippen LogP contribution in [-0.4, -0.2) is 32.5 Å². The number of benzene rings is 1. The van der Waals surface area contributed by atoms with Crippen molar-refractivity contribution in [1.82, 2.24) is 10.3 Å². The van der Waals surface area contributed by atoms with Crippen LogP contribution in [-0.2, 0) is 14.6 Å². The van der Waals surface area contributed by atoms with E-state index < -0.39 is 15.1 Å². The highest BCUT2D eigenvalue weighted by Gasteiger charge is 2.29. The van der Waals surface area contributed by atoms with Crippen LogP contribution in [0.2, 0.25) is 0 Å². The molecule has 1 aromatic heterocycles. The number of rotatable bonds is 8. The molecule has 0 aliphatic carbocycles. The first-order chi connectivity index (χ1) is 12.0. The molecule has 0 saturated carbocycles. The summed E-state index contributed by atoms with van der Waals surface area (Å²) in [4.78, 5) is 15.8. The summed E-state index contributed by atoms with van der Waals surface area (Å²) in [5, 5.41) is 1.76. The quantitative estimate of drug-likeness (QED) is 0.780. The van der Waals surface area contributed by atoms with Crippen molar-refractivity contribution in [3.63, 3.8) is 0 Å². The van der Waals surface area contributed by atoms with Gasteiger partial charge < -0.3 is 10.1 Å². The van der Waals surface area contributed by atoms with E-state index in [0.717, 1.165) is 0 Å². The van der Waals surface area contributed by atoms with E-state index in [1.807, 2.05) is 6.92 Å². The van der Waals surface area contributed by atoms with Crippen molar-refractivity contribution in [1.29, 1.82) is 0 Å². The van der Waals surface area contributed by atoms with Gasteiger partial charge >= 0.3 is 0 Å². The maximum atomic E-state index is 13.1. The van der Waals surface area contributed by atoms with E-state index in [9.17, 15) is 13.2 Å². The second-order valence-electron chi connectivity index (χ2n) is 5.38. The molecule has 1 amide bonds. The summed E-state index contributed by atoms with van der Waals surface area (Å²) in [6.45, 7) is 4.08. The maximum absolute atomic E-state index is 13.1. The zero-order valence-electron chi connectivity index (χ0n) is 14.3. The van der Waals surface area contributed by atoms with Gasteiger partial charge in [0.15, 0.2) is 9.84 Å². The lowest BCUT2D eigenvalue weighted by atomic mass is 10.2. The van der Waals surface area contributed by atoms with Crippen molar-refractivity contribution in [2.24, 2.45) is 0 Å². The van der Waals surface area contributed by atoms with Crippen molar-refractivity contribution < 1.29 is 17.9 Å². The van der Waals surface area contributed by atoms with Gasteiger partial charge in [-0.1, -0.05) is 13.0 Å². The molecule has 0 fully saturated rings. The molecule has 7 heteroatoms. The van der Waals surface area contributed by atoms with Gasteiger partial charge in [-0.05, 0) is 42.8 Å². The Balaban J connectivity index is 2.35. The summed E-state index contributed by atoms with van der Waals surface area (Å²) < 4.78 is 31.5.